The summed E-state index contributed by atoms with van der Waals surface area (Å²) >= 11 is 0. The van der Waals surface area contributed by atoms with Gasteiger partial charge in [-0.3, -0.25) is 9.80 Å². The van der Waals surface area contributed by atoms with Crippen LogP contribution in [0.4, 0.5) is 0 Å². The van der Waals surface area contributed by atoms with Gasteiger partial charge in [-0.1, -0.05) is 6.42 Å². The van der Waals surface area contributed by atoms with E-state index < -0.39 is 0 Å². The lowest BCUT2D eigenvalue weighted by molar-refractivity contribution is 0.00381. The molecule has 0 spiro atoms. The number of hydrogen-bond donors (Lipinski definition) is 0. The minimum atomic E-state index is 0.389. The number of hydrogen-bond acceptors (Lipinski definition) is 3. The van der Waals surface area contributed by atoms with Gasteiger partial charge in [0.05, 0.1) is 6.10 Å². The highest BCUT2D eigenvalue weighted by Gasteiger charge is 2.29. The molecule has 2 aliphatic rings. The Kier molecular flexibility index (Phi) is 4.62. The minimum absolute atomic E-state index is 0.389. The number of ether oxygens (including phenoxy) is 1. The van der Waals surface area contributed by atoms with Gasteiger partial charge in [-0.15, -0.1) is 0 Å². The molecule has 3 heteroatoms. The molecule has 0 N–H and O–H groups in total. The Balaban J connectivity index is 1.76. The van der Waals surface area contributed by atoms with Crippen molar-refractivity contribution in [1.82, 2.24) is 9.80 Å². The normalized spacial score (nSPS) is 30.0. The largest absolute Gasteiger partial charge is 0.377 e. The highest BCUT2D eigenvalue weighted by Crippen LogP contribution is 2.21. The van der Waals surface area contributed by atoms with Crippen LogP contribution in [0.3, 0.4) is 0 Å². The molecular weight excluding hydrogens is 200 g/mol. The van der Waals surface area contributed by atoms with Crippen molar-refractivity contribution in [3.63, 3.8) is 0 Å². The van der Waals surface area contributed by atoms with Gasteiger partial charge in [0.1, 0.15) is 0 Å². The average Bonchev–Trinajstić information content (AvgIpc) is 2.29. The van der Waals surface area contributed by atoms with Crippen LogP contribution in [-0.2, 0) is 4.74 Å². The number of rotatable bonds is 4. The number of piperidine rings is 1. The molecule has 0 bridgehead atoms. The second-order valence-electron chi connectivity index (χ2n) is 5.21. The van der Waals surface area contributed by atoms with Gasteiger partial charge >= 0.3 is 0 Å². The van der Waals surface area contributed by atoms with Gasteiger partial charge in [-0.05, 0) is 33.2 Å². The van der Waals surface area contributed by atoms with Crippen LogP contribution in [0.1, 0.15) is 33.1 Å². The van der Waals surface area contributed by atoms with E-state index in [2.05, 4.69) is 23.6 Å². The molecule has 2 heterocycles. The van der Waals surface area contributed by atoms with Crippen LogP contribution >= 0.6 is 0 Å². The van der Waals surface area contributed by atoms with Crippen LogP contribution in [0.15, 0.2) is 0 Å². The Morgan fingerprint density at radius 1 is 1.25 bits per heavy atom. The zero-order valence-electron chi connectivity index (χ0n) is 10.8. The topological polar surface area (TPSA) is 15.7 Å². The SMILES string of the molecule is CCOC(C)CN1CCN2CCCCC2C1. The molecule has 0 radical (unpaired) electrons. The Morgan fingerprint density at radius 2 is 2.12 bits per heavy atom. The van der Waals surface area contributed by atoms with Crippen molar-refractivity contribution >= 4 is 0 Å². The number of fused-ring (bicyclic) bond motifs is 1. The van der Waals surface area contributed by atoms with Crippen molar-refractivity contribution in [2.75, 3.05) is 39.3 Å². The summed E-state index contributed by atoms with van der Waals surface area (Å²) in [6.45, 7) is 11.3. The maximum atomic E-state index is 5.63. The Bertz CT molecular complexity index is 210. The Hall–Kier alpha value is -0.120. The first-order valence-electron chi connectivity index (χ1n) is 6.87. The average molecular weight is 226 g/mol. The first kappa shape index (κ1) is 12.3. The summed E-state index contributed by atoms with van der Waals surface area (Å²) in [6.07, 6.45) is 4.63. The molecule has 0 amide bonds. The molecule has 0 saturated carbocycles. The summed E-state index contributed by atoms with van der Waals surface area (Å²) in [5.41, 5.74) is 0. The monoisotopic (exact) mass is 226 g/mol. The second kappa shape index (κ2) is 5.99. The molecule has 0 aliphatic carbocycles. The van der Waals surface area contributed by atoms with E-state index in [1.54, 1.807) is 0 Å². The third-order valence-corrected chi connectivity index (χ3v) is 3.89. The molecule has 2 rings (SSSR count). The van der Waals surface area contributed by atoms with E-state index in [-0.39, 0.29) is 0 Å². The molecule has 16 heavy (non-hydrogen) atoms. The van der Waals surface area contributed by atoms with Crippen LogP contribution in [0, 0.1) is 0 Å². The van der Waals surface area contributed by atoms with Crippen LogP contribution in [0.5, 0.6) is 0 Å². The van der Waals surface area contributed by atoms with E-state index in [0.717, 1.165) is 19.2 Å². The maximum absolute atomic E-state index is 5.63. The quantitative estimate of drug-likeness (QED) is 0.724. The molecule has 2 saturated heterocycles. The van der Waals surface area contributed by atoms with Crippen molar-refractivity contribution < 1.29 is 4.74 Å². The summed E-state index contributed by atoms with van der Waals surface area (Å²) in [7, 11) is 0. The van der Waals surface area contributed by atoms with E-state index in [1.165, 1.54) is 45.4 Å². The zero-order chi connectivity index (χ0) is 11.4. The van der Waals surface area contributed by atoms with E-state index >= 15 is 0 Å². The van der Waals surface area contributed by atoms with E-state index in [4.69, 9.17) is 4.74 Å². The van der Waals surface area contributed by atoms with Crippen molar-refractivity contribution in [3.8, 4) is 0 Å². The van der Waals surface area contributed by atoms with Gasteiger partial charge < -0.3 is 4.74 Å². The summed E-state index contributed by atoms with van der Waals surface area (Å²) in [6, 6.07) is 0.830. The molecule has 3 nitrogen and oxygen atoms in total. The molecule has 0 aromatic heterocycles. The lowest BCUT2D eigenvalue weighted by Gasteiger charge is -2.44. The Labute approximate surface area is 99.7 Å². The van der Waals surface area contributed by atoms with Gasteiger partial charge in [0.25, 0.3) is 0 Å². The highest BCUT2D eigenvalue weighted by atomic mass is 16.5. The maximum Gasteiger partial charge on any atom is 0.0673 e. The molecule has 2 fully saturated rings. The zero-order valence-corrected chi connectivity index (χ0v) is 10.8. The summed E-state index contributed by atoms with van der Waals surface area (Å²) in [5, 5.41) is 0. The fourth-order valence-electron chi connectivity index (χ4n) is 3.09. The number of nitrogens with zero attached hydrogens (tertiary/aromatic N) is 2. The van der Waals surface area contributed by atoms with Gasteiger partial charge in [0.15, 0.2) is 0 Å². The van der Waals surface area contributed by atoms with Gasteiger partial charge in [0, 0.05) is 38.8 Å². The molecule has 0 aromatic rings. The van der Waals surface area contributed by atoms with Crippen molar-refractivity contribution in [3.05, 3.63) is 0 Å². The van der Waals surface area contributed by atoms with E-state index in [0.29, 0.717) is 6.10 Å². The van der Waals surface area contributed by atoms with Gasteiger partial charge in [-0.2, -0.15) is 0 Å². The van der Waals surface area contributed by atoms with Crippen LogP contribution < -0.4 is 0 Å². The second-order valence-corrected chi connectivity index (χ2v) is 5.21. The first-order chi connectivity index (χ1) is 7.79. The predicted molar refractivity (Wildman–Crippen MR) is 66.7 cm³/mol. The lowest BCUT2D eigenvalue weighted by Crippen LogP contribution is -2.55. The van der Waals surface area contributed by atoms with Crippen molar-refractivity contribution in [2.24, 2.45) is 0 Å². The van der Waals surface area contributed by atoms with E-state index in [1.807, 2.05) is 0 Å². The predicted octanol–water partition coefficient (Wildman–Crippen LogP) is 1.58. The molecule has 2 unspecified atom stereocenters. The number of piperazine rings is 1. The molecule has 94 valence electrons. The lowest BCUT2D eigenvalue weighted by atomic mass is 9.99. The van der Waals surface area contributed by atoms with Crippen LogP contribution in [-0.4, -0.2) is 61.3 Å². The fourth-order valence-corrected chi connectivity index (χ4v) is 3.09. The van der Waals surface area contributed by atoms with E-state index in [9.17, 15) is 0 Å². The summed E-state index contributed by atoms with van der Waals surface area (Å²) in [5.74, 6) is 0. The fraction of sp³-hybridized carbons (Fsp3) is 1.00. The standard InChI is InChI=1S/C13H26N2O/c1-3-16-12(2)10-14-8-9-15-7-5-4-6-13(15)11-14/h12-13H,3-11H2,1-2H3. The highest BCUT2D eigenvalue weighted by molar-refractivity contribution is 4.85. The third-order valence-electron chi connectivity index (χ3n) is 3.89. The van der Waals surface area contributed by atoms with Crippen LogP contribution in [0.25, 0.3) is 0 Å². The van der Waals surface area contributed by atoms with Gasteiger partial charge in [-0.25, -0.2) is 0 Å². The molecule has 0 aromatic carbocycles. The summed E-state index contributed by atoms with van der Waals surface area (Å²) < 4.78 is 5.63. The smallest absolute Gasteiger partial charge is 0.0673 e. The molecule has 2 aliphatic heterocycles. The molecular formula is C13H26N2O. The third kappa shape index (κ3) is 3.19. The minimum Gasteiger partial charge on any atom is -0.377 e. The molecule has 2 atom stereocenters. The summed E-state index contributed by atoms with van der Waals surface area (Å²) in [4.78, 5) is 5.28. The van der Waals surface area contributed by atoms with Crippen molar-refractivity contribution in [1.29, 1.82) is 0 Å². The van der Waals surface area contributed by atoms with Gasteiger partial charge in [0.2, 0.25) is 0 Å². The van der Waals surface area contributed by atoms with Crippen LogP contribution in [0.2, 0.25) is 0 Å². The first-order valence-corrected chi connectivity index (χ1v) is 6.87. The van der Waals surface area contributed by atoms with Crippen molar-refractivity contribution in [2.45, 2.75) is 45.3 Å². The Morgan fingerprint density at radius 3 is 2.94 bits per heavy atom.